The number of para-hydroxylation sites is 1. The number of anilines is 1. The van der Waals surface area contributed by atoms with Gasteiger partial charge in [-0.05, 0) is 30.9 Å². The molecular weight excluding hydrogens is 284 g/mol. The van der Waals surface area contributed by atoms with Crippen LogP contribution in [0.15, 0.2) is 24.3 Å². The highest BCUT2D eigenvalue weighted by Gasteiger charge is 2.26. The second kappa shape index (κ2) is 7.06. The molecule has 0 saturated heterocycles. The summed E-state index contributed by atoms with van der Waals surface area (Å²) in [5.74, 6) is -1.72. The molecule has 2 amide bonds. The van der Waals surface area contributed by atoms with Crippen LogP contribution in [0.5, 0.6) is 0 Å². The number of carboxylic acids is 1. The number of aliphatic carboxylic acids is 1. The zero-order chi connectivity index (χ0) is 16.1. The SMILES string of the molecule is CCC(NC(=O)CCC1Cc2ccccc2NC1=O)C(=O)O. The van der Waals surface area contributed by atoms with Crippen molar-refractivity contribution in [2.24, 2.45) is 5.92 Å². The molecule has 0 bridgehead atoms. The van der Waals surface area contributed by atoms with Gasteiger partial charge in [0.1, 0.15) is 6.04 Å². The van der Waals surface area contributed by atoms with Gasteiger partial charge in [0, 0.05) is 18.0 Å². The average molecular weight is 304 g/mol. The minimum Gasteiger partial charge on any atom is -0.480 e. The smallest absolute Gasteiger partial charge is 0.326 e. The Bertz CT molecular complexity index is 585. The van der Waals surface area contributed by atoms with Gasteiger partial charge in [-0.25, -0.2) is 4.79 Å². The Hall–Kier alpha value is -2.37. The maximum atomic E-state index is 12.0. The minimum absolute atomic E-state index is 0.0863. The lowest BCUT2D eigenvalue weighted by atomic mass is 9.89. The van der Waals surface area contributed by atoms with Gasteiger partial charge in [0.05, 0.1) is 0 Å². The molecule has 0 fully saturated rings. The summed E-state index contributed by atoms with van der Waals surface area (Å²) in [6.07, 6.45) is 1.48. The molecule has 118 valence electrons. The summed E-state index contributed by atoms with van der Waals surface area (Å²) >= 11 is 0. The van der Waals surface area contributed by atoms with Crippen LogP contribution in [-0.2, 0) is 20.8 Å². The van der Waals surface area contributed by atoms with Gasteiger partial charge >= 0.3 is 5.97 Å². The highest BCUT2D eigenvalue weighted by atomic mass is 16.4. The lowest BCUT2D eigenvalue weighted by Gasteiger charge is -2.24. The first-order chi connectivity index (χ1) is 10.5. The fourth-order valence-corrected chi connectivity index (χ4v) is 2.56. The zero-order valence-corrected chi connectivity index (χ0v) is 12.5. The zero-order valence-electron chi connectivity index (χ0n) is 12.5. The number of nitrogens with one attached hydrogen (secondary N) is 2. The standard InChI is InChI=1S/C16H20N2O4/c1-2-12(16(21)22)17-14(19)8-7-11-9-10-5-3-4-6-13(10)18-15(11)20/h3-6,11-12H,2,7-9H2,1H3,(H,17,19)(H,18,20)(H,21,22). The third kappa shape index (κ3) is 3.84. The molecule has 1 aliphatic heterocycles. The largest absolute Gasteiger partial charge is 0.480 e. The van der Waals surface area contributed by atoms with E-state index in [0.29, 0.717) is 19.3 Å². The van der Waals surface area contributed by atoms with Crippen LogP contribution in [0.25, 0.3) is 0 Å². The summed E-state index contributed by atoms with van der Waals surface area (Å²) in [6, 6.07) is 6.73. The number of hydrogen-bond acceptors (Lipinski definition) is 3. The monoisotopic (exact) mass is 304 g/mol. The second-order valence-electron chi connectivity index (χ2n) is 5.45. The van der Waals surface area contributed by atoms with Crippen LogP contribution in [-0.4, -0.2) is 28.9 Å². The molecule has 1 aromatic rings. The van der Waals surface area contributed by atoms with Crippen LogP contribution in [0.1, 0.15) is 31.7 Å². The Morgan fingerprint density at radius 3 is 2.82 bits per heavy atom. The number of amides is 2. The molecule has 1 aromatic carbocycles. The fourth-order valence-electron chi connectivity index (χ4n) is 2.56. The summed E-state index contributed by atoms with van der Waals surface area (Å²) in [5.41, 5.74) is 1.88. The lowest BCUT2D eigenvalue weighted by molar-refractivity contribution is -0.142. The maximum absolute atomic E-state index is 12.0. The van der Waals surface area contributed by atoms with E-state index in [4.69, 9.17) is 5.11 Å². The topological polar surface area (TPSA) is 95.5 Å². The van der Waals surface area contributed by atoms with Crippen molar-refractivity contribution < 1.29 is 19.5 Å². The average Bonchev–Trinajstić information content (AvgIpc) is 2.50. The molecule has 0 spiro atoms. The van der Waals surface area contributed by atoms with Crippen molar-refractivity contribution in [3.8, 4) is 0 Å². The minimum atomic E-state index is -1.04. The molecule has 22 heavy (non-hydrogen) atoms. The Balaban J connectivity index is 1.88. The van der Waals surface area contributed by atoms with Crippen LogP contribution in [0.3, 0.4) is 0 Å². The molecule has 2 rings (SSSR count). The van der Waals surface area contributed by atoms with E-state index in [1.807, 2.05) is 24.3 Å². The first kappa shape index (κ1) is 16.0. The summed E-state index contributed by atoms with van der Waals surface area (Å²) in [6.45, 7) is 1.70. The van der Waals surface area contributed by atoms with Crippen LogP contribution in [0, 0.1) is 5.92 Å². The van der Waals surface area contributed by atoms with Crippen molar-refractivity contribution in [2.45, 2.75) is 38.6 Å². The first-order valence-electron chi connectivity index (χ1n) is 7.42. The number of carbonyl (C=O) groups is 3. The van der Waals surface area contributed by atoms with Gasteiger partial charge in [0.2, 0.25) is 11.8 Å². The van der Waals surface area contributed by atoms with E-state index in [1.54, 1.807) is 6.92 Å². The third-order valence-electron chi connectivity index (χ3n) is 3.87. The highest BCUT2D eigenvalue weighted by molar-refractivity contribution is 5.96. The quantitative estimate of drug-likeness (QED) is 0.743. The molecule has 1 aliphatic rings. The van der Waals surface area contributed by atoms with Crippen molar-refractivity contribution in [2.75, 3.05) is 5.32 Å². The fraction of sp³-hybridized carbons (Fsp3) is 0.438. The Morgan fingerprint density at radius 1 is 1.41 bits per heavy atom. The molecule has 3 N–H and O–H groups in total. The molecule has 0 saturated carbocycles. The molecule has 0 aliphatic carbocycles. The van der Waals surface area contributed by atoms with Crippen molar-refractivity contribution >= 4 is 23.5 Å². The Kier molecular flexibility index (Phi) is 5.14. The van der Waals surface area contributed by atoms with Gasteiger partial charge in [-0.15, -0.1) is 0 Å². The summed E-state index contributed by atoms with van der Waals surface area (Å²) in [7, 11) is 0. The van der Waals surface area contributed by atoms with E-state index in [2.05, 4.69) is 10.6 Å². The van der Waals surface area contributed by atoms with Gasteiger partial charge in [-0.3, -0.25) is 9.59 Å². The molecule has 2 atom stereocenters. The van der Waals surface area contributed by atoms with Crippen molar-refractivity contribution in [1.82, 2.24) is 5.32 Å². The number of benzene rings is 1. The summed E-state index contributed by atoms with van der Waals surface area (Å²) < 4.78 is 0. The highest BCUT2D eigenvalue weighted by Crippen LogP contribution is 2.27. The van der Waals surface area contributed by atoms with E-state index in [1.165, 1.54) is 0 Å². The lowest BCUT2D eigenvalue weighted by Crippen LogP contribution is -2.40. The molecule has 2 unspecified atom stereocenters. The van der Waals surface area contributed by atoms with Gasteiger partial charge in [0.25, 0.3) is 0 Å². The van der Waals surface area contributed by atoms with E-state index in [9.17, 15) is 14.4 Å². The van der Waals surface area contributed by atoms with Gasteiger partial charge in [-0.1, -0.05) is 25.1 Å². The molecule has 6 heteroatoms. The molecule has 1 heterocycles. The van der Waals surface area contributed by atoms with E-state index in [-0.39, 0.29) is 24.2 Å². The summed E-state index contributed by atoms with van der Waals surface area (Å²) in [5, 5.41) is 14.2. The predicted octanol–water partition coefficient (Wildman–Crippen LogP) is 1.56. The van der Waals surface area contributed by atoms with Crippen molar-refractivity contribution in [3.05, 3.63) is 29.8 Å². The number of rotatable bonds is 6. The van der Waals surface area contributed by atoms with Gasteiger partial charge in [-0.2, -0.15) is 0 Å². The van der Waals surface area contributed by atoms with Crippen LogP contribution >= 0.6 is 0 Å². The molecule has 0 aromatic heterocycles. The third-order valence-corrected chi connectivity index (χ3v) is 3.87. The van der Waals surface area contributed by atoms with E-state index in [0.717, 1.165) is 11.3 Å². The number of carbonyl (C=O) groups excluding carboxylic acids is 2. The van der Waals surface area contributed by atoms with Crippen LogP contribution in [0.4, 0.5) is 5.69 Å². The maximum Gasteiger partial charge on any atom is 0.326 e. The van der Waals surface area contributed by atoms with Crippen molar-refractivity contribution in [3.63, 3.8) is 0 Å². The summed E-state index contributed by atoms with van der Waals surface area (Å²) in [4.78, 5) is 34.7. The van der Waals surface area contributed by atoms with Crippen molar-refractivity contribution in [1.29, 1.82) is 0 Å². The number of fused-ring (bicyclic) bond motifs is 1. The molecule has 6 nitrogen and oxygen atoms in total. The van der Waals surface area contributed by atoms with Gasteiger partial charge in [0.15, 0.2) is 0 Å². The number of hydrogen-bond donors (Lipinski definition) is 3. The predicted molar refractivity (Wildman–Crippen MR) is 81.4 cm³/mol. The molecular formula is C16H20N2O4. The van der Waals surface area contributed by atoms with E-state index >= 15 is 0 Å². The van der Waals surface area contributed by atoms with Crippen LogP contribution in [0.2, 0.25) is 0 Å². The Labute approximate surface area is 128 Å². The van der Waals surface area contributed by atoms with Gasteiger partial charge < -0.3 is 15.7 Å². The Morgan fingerprint density at radius 2 is 2.14 bits per heavy atom. The normalized spacial score (nSPS) is 18.0. The molecule has 0 radical (unpaired) electrons. The first-order valence-corrected chi connectivity index (χ1v) is 7.42. The van der Waals surface area contributed by atoms with E-state index < -0.39 is 12.0 Å². The second-order valence-corrected chi connectivity index (χ2v) is 5.45. The number of carboxylic acid groups (broad SMARTS) is 1. The van der Waals surface area contributed by atoms with Crippen LogP contribution < -0.4 is 10.6 Å².